The van der Waals surface area contributed by atoms with E-state index in [1.165, 1.54) is 38.5 Å². The quantitative estimate of drug-likeness (QED) is 0.0675. The third-order valence-electron chi connectivity index (χ3n) is 16.7. The minimum Gasteiger partial charge on any atom is -0.463 e. The van der Waals surface area contributed by atoms with Crippen LogP contribution in [0.25, 0.3) is 0 Å². The van der Waals surface area contributed by atoms with E-state index < -0.39 is 0 Å². The van der Waals surface area contributed by atoms with Gasteiger partial charge in [0.25, 0.3) is 0 Å². The van der Waals surface area contributed by atoms with Gasteiger partial charge in [-0.2, -0.15) is 0 Å². The Morgan fingerprint density at radius 3 is 1.09 bits per heavy atom. The summed E-state index contributed by atoms with van der Waals surface area (Å²) in [5.74, 6) is 8.48. The second-order valence-corrected chi connectivity index (χ2v) is 22.5. The van der Waals surface area contributed by atoms with Gasteiger partial charge >= 0.3 is 23.9 Å². The Bertz CT molecular complexity index is 1450. The number of carbonyl (C=O) groups is 4. The first kappa shape index (κ1) is 85.0. The third-order valence-corrected chi connectivity index (χ3v) is 16.7. The van der Waals surface area contributed by atoms with Gasteiger partial charge in [-0.15, -0.1) is 0 Å². The molecule has 12 heteroatoms. The number of hydrogen-bond donors (Lipinski definition) is 2. The fourth-order valence-electron chi connectivity index (χ4n) is 12.7. The Hall–Kier alpha value is -2.28. The molecule has 0 saturated heterocycles. The predicted octanol–water partition coefficient (Wildman–Crippen LogP) is 16.3. The zero-order valence-electron chi connectivity index (χ0n) is 44.9. The Morgan fingerprint density at radius 2 is 0.776 bits per heavy atom. The Kier molecular flexibility index (Phi) is 49.7. The highest BCUT2D eigenvalue weighted by atomic mass is 16.7. The van der Waals surface area contributed by atoms with Gasteiger partial charge in [0.15, 0.2) is 0 Å². The van der Waals surface area contributed by atoms with Crippen molar-refractivity contribution in [1.29, 1.82) is 0 Å². The lowest BCUT2D eigenvalue weighted by atomic mass is 9.76. The highest BCUT2D eigenvalue weighted by Gasteiger charge is 2.51. The number of fused-ring (bicyclic) bond motifs is 4. The molecule has 0 aromatic heterocycles. The largest absolute Gasteiger partial charge is 0.463 e. The number of hydrogen-bond acceptors (Lipinski definition) is 12. The summed E-state index contributed by atoms with van der Waals surface area (Å²) in [5.41, 5.74) is 0. The lowest BCUT2D eigenvalue weighted by molar-refractivity contribution is -0.186. The van der Waals surface area contributed by atoms with Crippen LogP contribution in [0.4, 0.5) is 0 Å². The molecule has 4 bridgehead atoms. The molecule has 6 saturated carbocycles. The van der Waals surface area contributed by atoms with Crippen molar-refractivity contribution >= 4 is 23.9 Å². The van der Waals surface area contributed by atoms with Gasteiger partial charge in [-0.1, -0.05) is 154 Å². The van der Waals surface area contributed by atoms with Crippen LogP contribution in [-0.2, 0) is 47.6 Å². The van der Waals surface area contributed by atoms with Gasteiger partial charge in [0, 0.05) is 26.1 Å². The van der Waals surface area contributed by atoms with Gasteiger partial charge in [-0.05, 0) is 149 Å². The van der Waals surface area contributed by atoms with E-state index in [0.29, 0.717) is 48.7 Å². The smallest absolute Gasteiger partial charge is 0.311 e. The van der Waals surface area contributed by atoms with E-state index in [1.54, 1.807) is 0 Å². The standard InChI is InChI=1S/C16H28O3.C15H28O3.C13H22O3.C12H22O3.8CH4/c1-5-15(18-6-2)19-16(17)14-9-11-7-12(14)8-13(11)10(3)4;1-5-14(17-6-2)18-15(16)13-9-7-8-12(10-13)11(3)4;1-8(2)11-6-10-5-9(11)7-12(10)13(15)16-4-3-14;1-9(2)10-4-3-5-11(8-10)12(14)15-7-6-13;;;;;;;;/h10-15H,5-9H2,1-4H3;11-14H,5-10H2,1-4H3;8-12,14H,3-7H2,1-2H3;9-11,13H,3-8H2,1-2H3;8*1H4. The number of aliphatic hydroxyl groups is 2. The summed E-state index contributed by atoms with van der Waals surface area (Å²) in [7, 11) is 0. The van der Waals surface area contributed by atoms with Crippen LogP contribution in [0.3, 0.4) is 0 Å². The molecule has 76 heavy (non-hydrogen) atoms. The highest BCUT2D eigenvalue weighted by Crippen LogP contribution is 2.55. The summed E-state index contributed by atoms with van der Waals surface area (Å²) < 4.78 is 31.8. The van der Waals surface area contributed by atoms with Crippen LogP contribution in [0, 0.1) is 94.7 Å². The van der Waals surface area contributed by atoms with Crippen molar-refractivity contribution in [3.05, 3.63) is 0 Å². The molecular weight excluding hydrogens is 961 g/mol. The lowest BCUT2D eigenvalue weighted by Gasteiger charge is -2.31. The molecule has 12 nitrogen and oxygen atoms in total. The Morgan fingerprint density at radius 1 is 0.421 bits per heavy atom. The average molecular weight is 1090 g/mol. The Labute approximate surface area is 472 Å². The molecule has 2 N–H and O–H groups in total. The van der Waals surface area contributed by atoms with Crippen LogP contribution in [-0.4, -0.2) is 86.3 Å². The predicted molar refractivity (Wildman–Crippen MR) is 319 cm³/mol. The van der Waals surface area contributed by atoms with Crippen molar-refractivity contribution in [3.8, 4) is 0 Å². The minimum absolute atomic E-state index is 0. The van der Waals surface area contributed by atoms with Gasteiger partial charge in [0.2, 0.25) is 12.6 Å². The molecule has 0 amide bonds. The first-order chi connectivity index (χ1) is 32.4. The van der Waals surface area contributed by atoms with Crippen LogP contribution >= 0.6 is 0 Å². The average Bonchev–Trinajstić information content (AvgIpc) is 4.15. The number of carbonyl (C=O) groups excluding carboxylic acids is 4. The molecule has 460 valence electrons. The van der Waals surface area contributed by atoms with Crippen molar-refractivity contribution in [1.82, 2.24) is 0 Å². The number of esters is 4. The highest BCUT2D eigenvalue weighted by molar-refractivity contribution is 5.74. The molecule has 0 spiro atoms. The van der Waals surface area contributed by atoms with Crippen molar-refractivity contribution in [2.45, 2.75) is 258 Å². The molecule has 6 fully saturated rings. The Balaban J connectivity index is -0.000000208. The lowest BCUT2D eigenvalue weighted by Crippen LogP contribution is -2.31. The fraction of sp³-hybridized carbons (Fsp3) is 0.938. The molecular formula is C64H132O12. The maximum Gasteiger partial charge on any atom is 0.311 e. The van der Waals surface area contributed by atoms with Gasteiger partial charge in [-0.3, -0.25) is 19.2 Å². The fourth-order valence-corrected chi connectivity index (χ4v) is 12.7. The maximum atomic E-state index is 12.3. The molecule has 6 aliphatic rings. The molecule has 0 aliphatic heterocycles. The first-order valence-corrected chi connectivity index (χ1v) is 27.6. The van der Waals surface area contributed by atoms with E-state index in [9.17, 15) is 19.2 Å². The van der Waals surface area contributed by atoms with E-state index in [0.717, 1.165) is 99.7 Å². The molecule has 6 aliphatic carbocycles. The second-order valence-electron chi connectivity index (χ2n) is 22.5. The number of rotatable bonds is 20. The van der Waals surface area contributed by atoms with Crippen LogP contribution in [0.2, 0.25) is 0 Å². The first-order valence-electron chi connectivity index (χ1n) is 27.6. The van der Waals surface area contributed by atoms with E-state index in [2.05, 4.69) is 55.4 Å². The number of aliphatic hydroxyl groups excluding tert-OH is 2. The normalized spacial score (nSPS) is 27.9. The van der Waals surface area contributed by atoms with Gasteiger partial charge in [0.05, 0.1) is 36.9 Å². The second kappa shape index (κ2) is 44.5. The summed E-state index contributed by atoms with van der Waals surface area (Å²) in [6, 6.07) is 0. The monoisotopic (exact) mass is 1090 g/mol. The number of ether oxygens (including phenoxy) is 6. The molecule has 0 aromatic carbocycles. The third kappa shape index (κ3) is 26.8. The molecule has 0 heterocycles. The summed E-state index contributed by atoms with van der Waals surface area (Å²) >= 11 is 0. The van der Waals surface area contributed by atoms with E-state index >= 15 is 0 Å². The topological polar surface area (TPSA) is 164 Å². The summed E-state index contributed by atoms with van der Waals surface area (Å²) in [4.78, 5) is 47.7. The van der Waals surface area contributed by atoms with Crippen LogP contribution in [0.5, 0.6) is 0 Å². The van der Waals surface area contributed by atoms with Crippen LogP contribution in [0.1, 0.15) is 245 Å². The molecule has 6 rings (SSSR count). The molecule has 0 radical (unpaired) electrons. The van der Waals surface area contributed by atoms with Crippen LogP contribution < -0.4 is 0 Å². The summed E-state index contributed by atoms with van der Waals surface area (Å²) in [6.07, 6.45) is 16.3. The molecule has 14 unspecified atom stereocenters. The van der Waals surface area contributed by atoms with Crippen molar-refractivity contribution in [2.24, 2.45) is 94.7 Å². The summed E-state index contributed by atoms with van der Waals surface area (Å²) in [5, 5.41) is 17.2. The van der Waals surface area contributed by atoms with Gasteiger partial charge < -0.3 is 38.6 Å². The van der Waals surface area contributed by atoms with E-state index in [-0.39, 0.29) is 146 Å². The molecule has 14 atom stereocenters. The van der Waals surface area contributed by atoms with E-state index in [1.807, 2.05) is 27.7 Å². The van der Waals surface area contributed by atoms with Crippen molar-refractivity contribution in [3.63, 3.8) is 0 Å². The van der Waals surface area contributed by atoms with Gasteiger partial charge in [0.1, 0.15) is 13.2 Å². The van der Waals surface area contributed by atoms with Crippen LogP contribution in [0.15, 0.2) is 0 Å². The van der Waals surface area contributed by atoms with E-state index in [4.69, 9.17) is 38.6 Å². The minimum atomic E-state index is -0.359. The van der Waals surface area contributed by atoms with Crippen molar-refractivity contribution in [2.75, 3.05) is 39.6 Å². The van der Waals surface area contributed by atoms with Gasteiger partial charge in [-0.25, -0.2) is 0 Å². The SMILES string of the molecule is C.C.C.C.C.C.C.C.CC(C)C1CC2CC1CC2C(=O)OCCO.CC(C)C1CCCC(C(=O)OCCO)C1.CCOC(CC)OC(=O)C1CC2CC1CC2C(C)C.CCOC(CC)OC(=O)C1CCCC(C(C)C)C1. The molecule has 0 aromatic rings. The summed E-state index contributed by atoms with van der Waals surface area (Å²) in [6.45, 7) is 27.2. The maximum absolute atomic E-state index is 12.3. The zero-order chi connectivity index (χ0) is 50.5. The zero-order valence-corrected chi connectivity index (χ0v) is 44.9. The van der Waals surface area contributed by atoms with Crippen molar-refractivity contribution < 1.29 is 57.8 Å².